The normalized spacial score (nSPS) is 36.4. The van der Waals surface area contributed by atoms with Crippen molar-refractivity contribution in [2.24, 2.45) is 29.6 Å². The van der Waals surface area contributed by atoms with Crippen LogP contribution in [-0.4, -0.2) is 215 Å². The first-order valence-corrected chi connectivity index (χ1v) is 30.2. The van der Waals surface area contributed by atoms with Gasteiger partial charge in [-0.15, -0.1) is 0 Å². The molecular formula is C62H97N3O17. The van der Waals surface area contributed by atoms with Crippen molar-refractivity contribution in [2.75, 3.05) is 93.6 Å². The predicted molar refractivity (Wildman–Crippen MR) is 304 cm³/mol. The summed E-state index contributed by atoms with van der Waals surface area (Å²) >= 11 is 0. The number of allylic oxidation sites excluding steroid dienone is 6. The van der Waals surface area contributed by atoms with E-state index in [-0.39, 0.29) is 68.3 Å². The molecule has 0 aromatic heterocycles. The number of carbonyl (C=O) groups is 6. The van der Waals surface area contributed by atoms with Gasteiger partial charge in [0.2, 0.25) is 5.79 Å². The fraction of sp³-hybridized carbons (Fsp3) is 0.774. The molecule has 1 aliphatic carbocycles. The van der Waals surface area contributed by atoms with E-state index in [9.17, 15) is 39.0 Å². The molecule has 5 fully saturated rings. The van der Waals surface area contributed by atoms with Gasteiger partial charge in [-0.1, -0.05) is 64.2 Å². The van der Waals surface area contributed by atoms with Crippen LogP contribution in [0.25, 0.3) is 0 Å². The molecule has 14 atom stereocenters. The number of fused-ring (bicyclic) bond motifs is 3. The Morgan fingerprint density at radius 1 is 0.817 bits per heavy atom. The Kier molecular flexibility index (Phi) is 26.8. The third-order valence-electron chi connectivity index (χ3n) is 17.6. The maximum Gasteiger partial charge on any atom is 0.409 e. The van der Waals surface area contributed by atoms with Crippen LogP contribution in [0.4, 0.5) is 4.79 Å². The third-order valence-corrected chi connectivity index (χ3v) is 17.6. The summed E-state index contributed by atoms with van der Waals surface area (Å²) in [5, 5.41) is 23.8. The van der Waals surface area contributed by atoms with Crippen molar-refractivity contribution in [3.05, 3.63) is 47.6 Å². The van der Waals surface area contributed by atoms with Gasteiger partial charge in [0.15, 0.2) is 5.78 Å². The molecule has 5 aliphatic heterocycles. The van der Waals surface area contributed by atoms with E-state index in [1.165, 1.54) is 12.0 Å². The Morgan fingerprint density at radius 3 is 2.27 bits per heavy atom. The van der Waals surface area contributed by atoms with Crippen LogP contribution < -0.4 is 0 Å². The molecule has 1 saturated carbocycles. The number of morpholine rings is 1. The number of esters is 1. The smallest absolute Gasteiger partial charge is 0.409 e. The van der Waals surface area contributed by atoms with Crippen molar-refractivity contribution in [1.82, 2.24) is 14.7 Å². The van der Waals surface area contributed by atoms with Crippen LogP contribution in [0.2, 0.25) is 0 Å². The number of amides is 2. The number of Topliss-reactive ketones (excluding diaryl/α,β-unsaturated/α-hetero) is 3. The summed E-state index contributed by atoms with van der Waals surface area (Å²) in [5.74, 6) is -8.01. The number of ether oxygens (including phenoxy) is 9. The second kappa shape index (κ2) is 32.9. The van der Waals surface area contributed by atoms with Gasteiger partial charge in [0, 0.05) is 84.6 Å². The Bertz CT molecular complexity index is 2230. The van der Waals surface area contributed by atoms with E-state index in [0.717, 1.165) is 18.7 Å². The van der Waals surface area contributed by atoms with Crippen LogP contribution >= 0.6 is 0 Å². The molecule has 0 unspecified atom stereocenters. The van der Waals surface area contributed by atoms with Gasteiger partial charge in [-0.25, -0.2) is 9.59 Å². The fourth-order valence-electron chi connectivity index (χ4n) is 12.0. The number of rotatable bonds is 14. The molecule has 2 bridgehead atoms. The highest BCUT2D eigenvalue weighted by Crippen LogP contribution is 2.38. The van der Waals surface area contributed by atoms with Crippen LogP contribution in [0.15, 0.2) is 47.6 Å². The number of aliphatic hydroxyl groups excluding tert-OH is 1. The number of likely N-dealkylation sites (N-methyl/N-ethyl adjacent to an activating group) is 1. The molecule has 6 rings (SSSR count). The van der Waals surface area contributed by atoms with E-state index < -0.39 is 96.1 Å². The maximum atomic E-state index is 14.6. The largest absolute Gasteiger partial charge is 0.460 e. The molecule has 0 aromatic carbocycles. The van der Waals surface area contributed by atoms with Gasteiger partial charge in [-0.2, -0.15) is 0 Å². The highest BCUT2D eigenvalue weighted by molar-refractivity contribution is 6.39. The van der Waals surface area contributed by atoms with Gasteiger partial charge < -0.3 is 62.6 Å². The summed E-state index contributed by atoms with van der Waals surface area (Å²) < 4.78 is 53.1. The predicted octanol–water partition coefficient (Wildman–Crippen LogP) is 6.13. The lowest BCUT2D eigenvalue weighted by atomic mass is 9.81. The summed E-state index contributed by atoms with van der Waals surface area (Å²) in [6.07, 6.45) is 10.4. The van der Waals surface area contributed by atoms with Gasteiger partial charge in [0.1, 0.15) is 42.3 Å². The quantitative estimate of drug-likeness (QED) is 0.0861. The number of cyclic esters (lactones) is 1. The minimum atomic E-state index is -2.49. The molecule has 20 heteroatoms. The van der Waals surface area contributed by atoms with E-state index in [1.54, 1.807) is 45.9 Å². The van der Waals surface area contributed by atoms with Crippen LogP contribution in [-0.2, 0) is 66.6 Å². The van der Waals surface area contributed by atoms with Crippen molar-refractivity contribution in [3.63, 3.8) is 0 Å². The summed E-state index contributed by atoms with van der Waals surface area (Å²) in [6.45, 7) is 16.6. The Hall–Kier alpha value is -4.22. The number of aliphatic hydroxyl groups is 2. The molecule has 2 N–H and O–H groups in total. The van der Waals surface area contributed by atoms with E-state index in [2.05, 4.69) is 4.90 Å². The lowest BCUT2D eigenvalue weighted by Gasteiger charge is -2.42. The fourth-order valence-corrected chi connectivity index (χ4v) is 12.0. The first-order valence-electron chi connectivity index (χ1n) is 30.2. The summed E-state index contributed by atoms with van der Waals surface area (Å²) in [7, 11) is 4.69. The number of hydrogen-bond acceptors (Lipinski definition) is 18. The number of piperidine rings is 1. The first-order chi connectivity index (χ1) is 39.2. The molecule has 20 nitrogen and oxygen atoms in total. The second-order valence-electron chi connectivity index (χ2n) is 23.9. The van der Waals surface area contributed by atoms with Crippen molar-refractivity contribution in [3.8, 4) is 0 Å². The van der Waals surface area contributed by atoms with Crippen LogP contribution in [0.5, 0.6) is 0 Å². The molecule has 0 spiro atoms. The second-order valence-corrected chi connectivity index (χ2v) is 23.9. The van der Waals surface area contributed by atoms with Gasteiger partial charge in [-0.3, -0.25) is 24.1 Å². The van der Waals surface area contributed by atoms with Gasteiger partial charge in [0.05, 0.1) is 58.0 Å². The number of hydrogen-bond donors (Lipinski definition) is 2. The van der Waals surface area contributed by atoms with Gasteiger partial charge in [0.25, 0.3) is 11.7 Å². The molecular weight excluding hydrogens is 1060 g/mol. The minimum Gasteiger partial charge on any atom is -0.460 e. The SMILES string of the molecule is CO[C@@H]1C[C@H](CC[C@@H]2CC(=O)[C@H](C)/C=C(\C)[C@@H](O)[C@@H](OC)C(=O)[C@H](C)C[C@H](C)/C=C/C=C/C=C(\C)[C@@H](OCCOC3COC3)C[C@@H]3CC[C@@H](C)[C@@](O)(O3)C(=O)C(=O)N3CCCC[C@H]3C(=O)O2)CC[C@H]1OC(=O)N(C)CCN1CCOCC1. The number of ketones is 3. The zero-order chi connectivity index (χ0) is 59.5. The highest BCUT2D eigenvalue weighted by Gasteiger charge is 2.53. The summed E-state index contributed by atoms with van der Waals surface area (Å²) in [5.41, 5.74) is 1.22. The summed E-state index contributed by atoms with van der Waals surface area (Å²) in [6, 6.07) is -1.18. The number of carbonyl (C=O) groups excluding carboxylic acids is 6. The first kappa shape index (κ1) is 66.9. The van der Waals surface area contributed by atoms with Crippen LogP contribution in [0.3, 0.4) is 0 Å². The van der Waals surface area contributed by atoms with Crippen molar-refractivity contribution >= 4 is 35.3 Å². The molecule has 0 radical (unpaired) electrons. The lowest BCUT2D eigenvalue weighted by molar-refractivity contribution is -0.266. The minimum absolute atomic E-state index is 0.00955. The third kappa shape index (κ3) is 19.1. The molecule has 462 valence electrons. The maximum absolute atomic E-state index is 14.6. The van der Waals surface area contributed by atoms with E-state index in [0.29, 0.717) is 109 Å². The molecule has 0 aromatic rings. The molecule has 82 heavy (non-hydrogen) atoms. The van der Waals surface area contributed by atoms with E-state index >= 15 is 0 Å². The van der Waals surface area contributed by atoms with Crippen LogP contribution in [0.1, 0.15) is 125 Å². The monoisotopic (exact) mass is 1160 g/mol. The van der Waals surface area contributed by atoms with Crippen molar-refractivity contribution < 1.29 is 81.6 Å². The standard InChI is InChI=1S/C62H97N3O17/c1-40-15-11-10-12-16-41(2)53(79-32-31-78-49-38-77-39-49)37-48-21-18-45(6)62(73,82-48)58(69)59(70)65-24-14-13-17-50(65)60(71)80-47(36-51(66)42(3)34-44(5)56(68)57(75-9)55(67)43(4)33-40)22-19-46-20-23-52(54(35-46)74-8)81-61(72)63(7)25-26-64-27-29-76-30-28-64/h10-12,15-16,34,40,42-43,45-50,52-54,56-57,68,73H,13-14,17-33,35-39H2,1-9H3/b12-10+,15-11+,41-16+,44-34+/t40-,42-,43-,45-,46-,47-,48+,50+,52-,53+,54-,56-,57+,62-/m1/s1. The van der Waals surface area contributed by atoms with Crippen molar-refractivity contribution in [2.45, 2.75) is 186 Å². The zero-order valence-corrected chi connectivity index (χ0v) is 50.4. The number of methoxy groups -OCH3 is 2. The van der Waals surface area contributed by atoms with Gasteiger partial charge >= 0.3 is 12.1 Å². The zero-order valence-electron chi connectivity index (χ0n) is 50.4. The molecule has 6 aliphatic rings. The topological polar surface area (TPSA) is 236 Å². The summed E-state index contributed by atoms with van der Waals surface area (Å²) in [4.78, 5) is 90.1. The van der Waals surface area contributed by atoms with Crippen molar-refractivity contribution in [1.29, 1.82) is 0 Å². The number of nitrogens with zero attached hydrogens (tertiary/aromatic N) is 3. The van der Waals surface area contributed by atoms with E-state index in [4.69, 9.17) is 42.6 Å². The van der Waals surface area contributed by atoms with Crippen LogP contribution in [0, 0.1) is 29.6 Å². The lowest BCUT2D eigenvalue weighted by Crippen LogP contribution is -2.60. The molecule has 2 amide bonds. The Labute approximate surface area is 486 Å². The van der Waals surface area contributed by atoms with Gasteiger partial charge in [-0.05, 0) is 107 Å². The average molecular weight is 1160 g/mol. The average Bonchev–Trinajstić information content (AvgIpc) is 3.28. The Morgan fingerprint density at radius 2 is 1.56 bits per heavy atom. The molecule has 4 saturated heterocycles. The Balaban J connectivity index is 1.22. The highest BCUT2D eigenvalue weighted by atomic mass is 16.6. The van der Waals surface area contributed by atoms with E-state index in [1.807, 2.05) is 51.2 Å². The molecule has 5 heterocycles.